The summed E-state index contributed by atoms with van der Waals surface area (Å²) in [6.45, 7) is 8.70. The molecule has 0 aromatic heterocycles. The number of hydrogen-bond donors (Lipinski definition) is 0. The maximum atomic E-state index is 5.66. The minimum atomic E-state index is 0.677. The number of hydrogen-bond acceptors (Lipinski definition) is 5. The van der Waals surface area contributed by atoms with Crippen molar-refractivity contribution in [1.82, 2.24) is 9.80 Å². The van der Waals surface area contributed by atoms with Gasteiger partial charge in [0, 0.05) is 51.7 Å². The first-order chi connectivity index (χ1) is 14.8. The van der Waals surface area contributed by atoms with Crippen LogP contribution in [0.4, 0.5) is 5.69 Å². The highest BCUT2D eigenvalue weighted by atomic mass is 16.5. The summed E-state index contributed by atoms with van der Waals surface area (Å²) >= 11 is 0. The Morgan fingerprint density at radius 2 is 1.90 bits per heavy atom. The number of ether oxygens (including phenoxy) is 2. The van der Waals surface area contributed by atoms with Gasteiger partial charge in [-0.15, -0.1) is 0 Å². The molecule has 5 nitrogen and oxygen atoms in total. The highest BCUT2D eigenvalue weighted by Crippen LogP contribution is 2.30. The molecule has 0 bridgehead atoms. The number of para-hydroxylation sites is 2. The maximum Gasteiger partial charge on any atom is 0.142 e. The standard InChI is InChI=1S/C25H33N3O2/c1-29-25-7-3-2-6-23(25)28-14-12-27(13-15-28)22-5-4-11-26(19-22)18-20-8-9-24-21(17-20)10-16-30-24/h2-3,6-9,17,22H,4-5,10-16,18-19H2,1H3/t22-/m0/s1. The summed E-state index contributed by atoms with van der Waals surface area (Å²) in [5.41, 5.74) is 4.04. The topological polar surface area (TPSA) is 28.2 Å². The van der Waals surface area contributed by atoms with Crippen molar-refractivity contribution in [2.75, 3.05) is 57.9 Å². The van der Waals surface area contributed by atoms with Crippen molar-refractivity contribution in [1.29, 1.82) is 0 Å². The van der Waals surface area contributed by atoms with Crippen LogP contribution < -0.4 is 14.4 Å². The lowest BCUT2D eigenvalue weighted by Crippen LogP contribution is -2.55. The van der Waals surface area contributed by atoms with Crippen LogP contribution in [0, 0.1) is 0 Å². The predicted octanol–water partition coefficient (Wildman–Crippen LogP) is 3.42. The second kappa shape index (κ2) is 8.86. The molecule has 0 N–H and O–H groups in total. The Bertz CT molecular complexity index is 863. The highest BCUT2D eigenvalue weighted by Gasteiger charge is 2.29. The van der Waals surface area contributed by atoms with E-state index in [-0.39, 0.29) is 0 Å². The Balaban J connectivity index is 1.17. The number of fused-ring (bicyclic) bond motifs is 1. The van der Waals surface area contributed by atoms with E-state index in [2.05, 4.69) is 51.1 Å². The number of methoxy groups -OCH3 is 1. The van der Waals surface area contributed by atoms with Gasteiger partial charge in [0.05, 0.1) is 19.4 Å². The Morgan fingerprint density at radius 3 is 2.77 bits per heavy atom. The molecule has 2 aromatic carbocycles. The third-order valence-electron chi connectivity index (χ3n) is 6.90. The Morgan fingerprint density at radius 1 is 1.03 bits per heavy atom. The van der Waals surface area contributed by atoms with Gasteiger partial charge in [-0.3, -0.25) is 9.80 Å². The normalized spacial score (nSPS) is 22.6. The zero-order valence-corrected chi connectivity index (χ0v) is 18.1. The van der Waals surface area contributed by atoms with Crippen molar-refractivity contribution >= 4 is 5.69 Å². The fourth-order valence-electron chi connectivity index (χ4n) is 5.29. The predicted molar refractivity (Wildman–Crippen MR) is 121 cm³/mol. The van der Waals surface area contributed by atoms with Crippen LogP contribution in [0.5, 0.6) is 11.5 Å². The average molecular weight is 408 g/mol. The molecule has 0 spiro atoms. The fourth-order valence-corrected chi connectivity index (χ4v) is 5.29. The average Bonchev–Trinajstić information content (AvgIpc) is 3.27. The van der Waals surface area contributed by atoms with E-state index < -0.39 is 0 Å². The molecule has 2 fully saturated rings. The lowest BCUT2D eigenvalue weighted by atomic mass is 10.0. The molecule has 5 rings (SSSR count). The van der Waals surface area contributed by atoms with Crippen molar-refractivity contribution < 1.29 is 9.47 Å². The molecule has 0 saturated carbocycles. The number of anilines is 1. The van der Waals surface area contributed by atoms with E-state index in [1.807, 2.05) is 6.07 Å². The SMILES string of the molecule is COc1ccccc1N1CCN([C@H]2CCCN(Cc3ccc4c(c3)CCO4)C2)CC1. The highest BCUT2D eigenvalue weighted by molar-refractivity contribution is 5.58. The lowest BCUT2D eigenvalue weighted by molar-refractivity contribution is 0.0887. The van der Waals surface area contributed by atoms with Crippen LogP contribution in [0.15, 0.2) is 42.5 Å². The zero-order chi connectivity index (χ0) is 20.3. The van der Waals surface area contributed by atoms with Gasteiger partial charge in [0.2, 0.25) is 0 Å². The van der Waals surface area contributed by atoms with Crippen LogP contribution in [0.3, 0.4) is 0 Å². The lowest BCUT2D eigenvalue weighted by Gasteiger charge is -2.44. The second-order valence-electron chi connectivity index (χ2n) is 8.77. The molecule has 160 valence electrons. The van der Waals surface area contributed by atoms with Gasteiger partial charge in [0.15, 0.2) is 0 Å². The quantitative estimate of drug-likeness (QED) is 0.757. The molecule has 0 aliphatic carbocycles. The summed E-state index contributed by atoms with van der Waals surface area (Å²) in [4.78, 5) is 7.84. The molecule has 2 aromatic rings. The number of likely N-dealkylation sites (tertiary alicyclic amines) is 1. The van der Waals surface area contributed by atoms with E-state index in [9.17, 15) is 0 Å². The molecule has 3 aliphatic rings. The summed E-state index contributed by atoms with van der Waals surface area (Å²) in [7, 11) is 1.76. The van der Waals surface area contributed by atoms with E-state index in [0.717, 1.165) is 57.3 Å². The van der Waals surface area contributed by atoms with Crippen molar-refractivity contribution in [3.8, 4) is 11.5 Å². The van der Waals surface area contributed by atoms with Gasteiger partial charge in [0.1, 0.15) is 11.5 Å². The number of piperazine rings is 1. The molecular weight excluding hydrogens is 374 g/mol. The molecular formula is C25H33N3O2. The molecule has 0 amide bonds. The summed E-state index contributed by atoms with van der Waals surface area (Å²) in [5.74, 6) is 2.07. The van der Waals surface area contributed by atoms with Crippen LogP contribution in [0.1, 0.15) is 24.0 Å². The third kappa shape index (κ3) is 4.14. The van der Waals surface area contributed by atoms with Crippen LogP contribution in [0.25, 0.3) is 0 Å². The van der Waals surface area contributed by atoms with Gasteiger partial charge < -0.3 is 14.4 Å². The molecule has 1 atom stereocenters. The van der Waals surface area contributed by atoms with Gasteiger partial charge in [-0.05, 0) is 48.7 Å². The van der Waals surface area contributed by atoms with Crippen molar-refractivity contribution in [2.24, 2.45) is 0 Å². The van der Waals surface area contributed by atoms with E-state index in [1.165, 1.54) is 42.7 Å². The molecule has 30 heavy (non-hydrogen) atoms. The van der Waals surface area contributed by atoms with E-state index in [1.54, 1.807) is 7.11 Å². The Labute approximate surface area is 180 Å². The molecule has 0 radical (unpaired) electrons. The first-order valence-electron chi connectivity index (χ1n) is 11.4. The van der Waals surface area contributed by atoms with Crippen molar-refractivity contribution in [3.05, 3.63) is 53.6 Å². The van der Waals surface area contributed by atoms with Gasteiger partial charge in [0.25, 0.3) is 0 Å². The maximum absolute atomic E-state index is 5.66. The Kier molecular flexibility index (Phi) is 5.82. The summed E-state index contributed by atoms with van der Waals surface area (Å²) in [6, 6.07) is 15.8. The Hall–Kier alpha value is -2.24. The first kappa shape index (κ1) is 19.7. The molecule has 2 saturated heterocycles. The number of nitrogens with zero attached hydrogens (tertiary/aromatic N) is 3. The van der Waals surface area contributed by atoms with Crippen LogP contribution in [0.2, 0.25) is 0 Å². The second-order valence-corrected chi connectivity index (χ2v) is 8.77. The third-order valence-corrected chi connectivity index (χ3v) is 6.90. The van der Waals surface area contributed by atoms with Gasteiger partial charge in [-0.1, -0.05) is 24.3 Å². The zero-order valence-electron chi connectivity index (χ0n) is 18.1. The molecule has 5 heteroatoms. The van der Waals surface area contributed by atoms with Crippen LogP contribution >= 0.6 is 0 Å². The molecule has 3 heterocycles. The van der Waals surface area contributed by atoms with Crippen LogP contribution in [-0.4, -0.2) is 68.8 Å². The number of rotatable bonds is 5. The van der Waals surface area contributed by atoms with Crippen molar-refractivity contribution in [2.45, 2.75) is 31.8 Å². The molecule has 3 aliphatic heterocycles. The largest absolute Gasteiger partial charge is 0.495 e. The minimum Gasteiger partial charge on any atom is -0.495 e. The summed E-state index contributed by atoms with van der Waals surface area (Å²) < 4.78 is 11.2. The first-order valence-corrected chi connectivity index (χ1v) is 11.4. The van der Waals surface area contributed by atoms with Crippen molar-refractivity contribution in [3.63, 3.8) is 0 Å². The van der Waals surface area contributed by atoms with Gasteiger partial charge >= 0.3 is 0 Å². The fraction of sp³-hybridized carbons (Fsp3) is 0.520. The number of benzene rings is 2. The van der Waals surface area contributed by atoms with E-state index in [4.69, 9.17) is 9.47 Å². The minimum absolute atomic E-state index is 0.677. The van der Waals surface area contributed by atoms with Gasteiger partial charge in [-0.2, -0.15) is 0 Å². The summed E-state index contributed by atoms with van der Waals surface area (Å²) in [6.07, 6.45) is 3.68. The van der Waals surface area contributed by atoms with E-state index >= 15 is 0 Å². The van der Waals surface area contributed by atoms with Gasteiger partial charge in [-0.25, -0.2) is 0 Å². The monoisotopic (exact) mass is 407 g/mol. The molecule has 0 unspecified atom stereocenters. The van der Waals surface area contributed by atoms with E-state index in [0.29, 0.717) is 6.04 Å². The van der Waals surface area contributed by atoms with Crippen LogP contribution in [-0.2, 0) is 13.0 Å². The smallest absolute Gasteiger partial charge is 0.142 e. The summed E-state index contributed by atoms with van der Waals surface area (Å²) in [5, 5.41) is 0. The number of piperidine rings is 1.